The van der Waals surface area contributed by atoms with Gasteiger partial charge in [0.2, 0.25) is 11.8 Å². The van der Waals surface area contributed by atoms with Gasteiger partial charge in [-0.05, 0) is 18.6 Å². The van der Waals surface area contributed by atoms with Crippen LogP contribution in [0.5, 0.6) is 5.88 Å². The molecule has 2 aromatic carbocycles. The largest absolute Gasteiger partial charge is 0.481 e. The average Bonchev–Trinajstić information content (AvgIpc) is 3.44. The fourth-order valence-corrected chi connectivity index (χ4v) is 5.39. The molecule has 0 spiro atoms. The van der Waals surface area contributed by atoms with Gasteiger partial charge in [-0.2, -0.15) is 0 Å². The van der Waals surface area contributed by atoms with Gasteiger partial charge in [0.05, 0.1) is 23.5 Å². The highest BCUT2D eigenvalue weighted by atomic mass is 35.5. The summed E-state index contributed by atoms with van der Waals surface area (Å²) < 4.78 is 23.2. The SMILES string of the molecule is COc1nc(-c2cccc(-c3cccc(NC(=O)c4cn(C)c(=O)n(C)c4=O)c3F)c2Cl)ccc1CNCC1CCC(=O)N1. The first-order chi connectivity index (χ1) is 21.1. The van der Waals surface area contributed by atoms with Crippen molar-refractivity contribution in [2.75, 3.05) is 19.0 Å². The first-order valence-corrected chi connectivity index (χ1v) is 14.2. The number of pyridine rings is 1. The summed E-state index contributed by atoms with van der Waals surface area (Å²) in [6, 6.07) is 13.3. The molecule has 228 valence electrons. The van der Waals surface area contributed by atoms with E-state index >= 15 is 4.39 Å². The van der Waals surface area contributed by atoms with Crippen LogP contribution in [0.2, 0.25) is 5.02 Å². The van der Waals surface area contributed by atoms with Gasteiger partial charge in [-0.1, -0.05) is 48.0 Å². The molecule has 0 saturated carbocycles. The van der Waals surface area contributed by atoms with Crippen LogP contribution < -0.4 is 31.9 Å². The summed E-state index contributed by atoms with van der Waals surface area (Å²) in [6.07, 6.45) is 2.44. The minimum Gasteiger partial charge on any atom is -0.481 e. The Kier molecular flexibility index (Phi) is 8.93. The van der Waals surface area contributed by atoms with E-state index in [1.165, 1.54) is 33.3 Å². The number of anilines is 1. The molecule has 2 amide bonds. The van der Waals surface area contributed by atoms with E-state index in [2.05, 4.69) is 20.9 Å². The molecule has 44 heavy (non-hydrogen) atoms. The van der Waals surface area contributed by atoms with Crippen LogP contribution in [0.1, 0.15) is 28.8 Å². The third-order valence-electron chi connectivity index (χ3n) is 7.43. The van der Waals surface area contributed by atoms with Gasteiger partial charge in [0.25, 0.3) is 11.5 Å². The first kappa shape index (κ1) is 30.6. The van der Waals surface area contributed by atoms with Crippen molar-refractivity contribution >= 4 is 29.1 Å². The van der Waals surface area contributed by atoms with E-state index in [1.807, 2.05) is 6.07 Å². The number of benzene rings is 2. The van der Waals surface area contributed by atoms with E-state index in [4.69, 9.17) is 16.3 Å². The lowest BCUT2D eigenvalue weighted by Crippen LogP contribution is -2.40. The molecule has 0 radical (unpaired) electrons. The fraction of sp³-hybridized carbons (Fsp3) is 0.258. The number of rotatable bonds is 9. The molecule has 3 N–H and O–H groups in total. The second kappa shape index (κ2) is 12.8. The summed E-state index contributed by atoms with van der Waals surface area (Å²) in [5, 5.41) is 8.91. The number of methoxy groups -OCH3 is 1. The Labute approximate surface area is 256 Å². The molecule has 1 atom stereocenters. The predicted molar refractivity (Wildman–Crippen MR) is 164 cm³/mol. The molecule has 13 heteroatoms. The summed E-state index contributed by atoms with van der Waals surface area (Å²) in [5.74, 6) is -1.17. The highest BCUT2D eigenvalue weighted by Gasteiger charge is 2.22. The Morgan fingerprint density at radius 3 is 2.55 bits per heavy atom. The lowest BCUT2D eigenvalue weighted by atomic mass is 9.99. The van der Waals surface area contributed by atoms with Gasteiger partial charge < -0.3 is 25.3 Å². The molecule has 0 aliphatic carbocycles. The van der Waals surface area contributed by atoms with Crippen LogP contribution in [0.4, 0.5) is 10.1 Å². The lowest BCUT2D eigenvalue weighted by molar-refractivity contribution is -0.119. The number of aryl methyl sites for hydroxylation is 1. The Balaban J connectivity index is 1.40. The monoisotopic (exact) mass is 620 g/mol. The van der Waals surface area contributed by atoms with Gasteiger partial charge in [-0.25, -0.2) is 14.2 Å². The van der Waals surface area contributed by atoms with Crippen molar-refractivity contribution in [2.45, 2.75) is 25.4 Å². The van der Waals surface area contributed by atoms with E-state index in [0.29, 0.717) is 42.2 Å². The van der Waals surface area contributed by atoms with Gasteiger partial charge in [-0.15, -0.1) is 0 Å². The molecule has 1 saturated heterocycles. The maximum absolute atomic E-state index is 15.8. The number of nitrogens with zero attached hydrogens (tertiary/aromatic N) is 3. The highest BCUT2D eigenvalue weighted by molar-refractivity contribution is 6.36. The van der Waals surface area contributed by atoms with E-state index in [9.17, 15) is 19.2 Å². The number of hydrogen-bond donors (Lipinski definition) is 3. The minimum atomic E-state index is -0.865. The minimum absolute atomic E-state index is 0.0595. The number of hydrogen-bond acceptors (Lipinski definition) is 7. The van der Waals surface area contributed by atoms with Crippen LogP contribution in [0.25, 0.3) is 22.4 Å². The topological polar surface area (TPSA) is 136 Å². The van der Waals surface area contributed by atoms with Crippen LogP contribution in [-0.2, 0) is 25.4 Å². The molecule has 11 nitrogen and oxygen atoms in total. The maximum atomic E-state index is 15.8. The van der Waals surface area contributed by atoms with Crippen molar-refractivity contribution in [3.8, 4) is 28.3 Å². The Bertz CT molecular complexity index is 1890. The quantitative estimate of drug-likeness (QED) is 0.261. The smallest absolute Gasteiger partial charge is 0.330 e. The fourth-order valence-electron chi connectivity index (χ4n) is 5.07. The number of halogens is 2. The Hall–Kier alpha value is -4.81. The van der Waals surface area contributed by atoms with Gasteiger partial charge in [0.1, 0.15) is 5.56 Å². The van der Waals surface area contributed by atoms with Gasteiger partial charge in [0, 0.05) is 68.1 Å². The Morgan fingerprint density at radius 1 is 1.09 bits per heavy atom. The zero-order chi connectivity index (χ0) is 31.5. The summed E-state index contributed by atoms with van der Waals surface area (Å²) in [4.78, 5) is 53.5. The highest BCUT2D eigenvalue weighted by Crippen LogP contribution is 2.39. The zero-order valence-corrected chi connectivity index (χ0v) is 25.0. The standard InChI is InChI=1S/C31H30ClFN6O5/c1-38-16-22(30(42)39(2)31(38)43)28(41)36-24-9-5-7-20(27(24)33)19-6-4-8-21(26(19)32)23-12-10-17(29(37-23)44-3)14-34-15-18-11-13-25(40)35-18/h4-10,12,16,18,34H,11,13-15H2,1-3H3,(H,35,40)(H,36,41). The zero-order valence-electron chi connectivity index (χ0n) is 24.2. The normalized spacial score (nSPS) is 14.4. The number of nitrogens with one attached hydrogen (secondary N) is 3. The second-order valence-electron chi connectivity index (χ2n) is 10.4. The van der Waals surface area contributed by atoms with E-state index < -0.39 is 23.0 Å². The van der Waals surface area contributed by atoms with Gasteiger partial charge in [-0.3, -0.25) is 19.0 Å². The third-order valence-corrected chi connectivity index (χ3v) is 7.83. The first-order valence-electron chi connectivity index (χ1n) is 13.8. The molecule has 4 aromatic rings. The molecular formula is C31H30ClFN6O5. The van der Waals surface area contributed by atoms with Crippen LogP contribution in [-0.4, -0.2) is 45.6 Å². The summed E-state index contributed by atoms with van der Waals surface area (Å²) in [5.41, 5.74) is 0.468. The van der Waals surface area contributed by atoms with Crippen molar-refractivity contribution < 1.29 is 18.7 Å². The summed E-state index contributed by atoms with van der Waals surface area (Å²) >= 11 is 6.82. The van der Waals surface area contributed by atoms with Crippen molar-refractivity contribution in [1.29, 1.82) is 0 Å². The van der Waals surface area contributed by atoms with Crippen LogP contribution >= 0.6 is 11.6 Å². The van der Waals surface area contributed by atoms with Crippen LogP contribution in [0.3, 0.4) is 0 Å². The van der Waals surface area contributed by atoms with Gasteiger partial charge in [0.15, 0.2) is 5.82 Å². The number of carbonyl (C=O) groups is 2. The van der Waals surface area contributed by atoms with Crippen molar-refractivity contribution in [1.82, 2.24) is 24.8 Å². The average molecular weight is 621 g/mol. The molecule has 1 aliphatic heterocycles. The number of amides is 2. The summed E-state index contributed by atoms with van der Waals surface area (Å²) in [7, 11) is 4.18. The Morgan fingerprint density at radius 2 is 1.82 bits per heavy atom. The second-order valence-corrected chi connectivity index (χ2v) is 10.8. The summed E-state index contributed by atoms with van der Waals surface area (Å²) in [6.45, 7) is 1.10. The van der Waals surface area contributed by atoms with E-state index in [0.717, 1.165) is 27.3 Å². The molecule has 0 bridgehead atoms. The van der Waals surface area contributed by atoms with E-state index in [1.54, 1.807) is 30.3 Å². The molecule has 5 rings (SSSR count). The number of carbonyl (C=O) groups excluding carboxylic acids is 2. The molecule has 1 unspecified atom stereocenters. The van der Waals surface area contributed by atoms with Gasteiger partial charge >= 0.3 is 5.69 Å². The number of ether oxygens (including phenoxy) is 1. The predicted octanol–water partition coefficient (Wildman–Crippen LogP) is 3.23. The molecule has 1 fully saturated rings. The van der Waals surface area contributed by atoms with Crippen molar-refractivity contribution in [2.24, 2.45) is 14.1 Å². The van der Waals surface area contributed by atoms with Crippen molar-refractivity contribution in [3.63, 3.8) is 0 Å². The lowest BCUT2D eigenvalue weighted by Gasteiger charge is -2.15. The molecule has 1 aliphatic rings. The third kappa shape index (κ3) is 6.12. The molecule has 3 heterocycles. The van der Waals surface area contributed by atoms with E-state index in [-0.39, 0.29) is 33.8 Å². The molecular weight excluding hydrogens is 591 g/mol. The maximum Gasteiger partial charge on any atom is 0.330 e. The number of aromatic nitrogens is 3. The van der Waals surface area contributed by atoms with Crippen LogP contribution in [0.15, 0.2) is 64.3 Å². The van der Waals surface area contributed by atoms with Crippen LogP contribution in [0, 0.1) is 5.82 Å². The molecule has 2 aromatic heterocycles. The van der Waals surface area contributed by atoms with Crippen molar-refractivity contribution in [3.05, 3.63) is 97.5 Å².